The van der Waals surface area contributed by atoms with Crippen LogP contribution in [0.2, 0.25) is 0 Å². The molecular formula is C57H103NO8. The molecule has 0 fully saturated rings. The van der Waals surface area contributed by atoms with Gasteiger partial charge in [-0.3, -0.25) is 9.59 Å². The number of ether oxygens (including phenoxy) is 4. The highest BCUT2D eigenvalue weighted by Gasteiger charge is 2.22. The highest BCUT2D eigenvalue weighted by molar-refractivity contribution is 5.70. The first kappa shape index (κ1) is 63.2. The van der Waals surface area contributed by atoms with E-state index in [1.807, 2.05) is 21.1 Å². The van der Waals surface area contributed by atoms with Crippen molar-refractivity contribution in [1.29, 1.82) is 0 Å². The van der Waals surface area contributed by atoms with Crippen molar-refractivity contribution in [1.82, 2.24) is 0 Å². The first-order valence-electron chi connectivity index (χ1n) is 27.3. The van der Waals surface area contributed by atoms with E-state index in [9.17, 15) is 19.5 Å². The van der Waals surface area contributed by atoms with Crippen LogP contribution in [0.15, 0.2) is 48.6 Å². The number of nitrogens with zero attached hydrogens (tertiary/aromatic N) is 1. The van der Waals surface area contributed by atoms with E-state index in [4.69, 9.17) is 18.9 Å². The van der Waals surface area contributed by atoms with E-state index in [2.05, 4.69) is 62.5 Å². The second kappa shape index (κ2) is 48.7. The molecule has 0 rings (SSSR count). The maximum Gasteiger partial charge on any atom is 0.306 e. The second-order valence-corrected chi connectivity index (χ2v) is 19.5. The molecule has 9 nitrogen and oxygen atoms in total. The van der Waals surface area contributed by atoms with Gasteiger partial charge in [-0.1, -0.05) is 223 Å². The molecule has 0 radical (unpaired) electrons. The lowest BCUT2D eigenvalue weighted by molar-refractivity contribution is -0.870. The highest BCUT2D eigenvalue weighted by Crippen LogP contribution is 2.16. The van der Waals surface area contributed by atoms with E-state index in [0.29, 0.717) is 23.9 Å². The number of carboxylic acid groups (broad SMARTS) is 1. The molecule has 2 unspecified atom stereocenters. The first-order valence-corrected chi connectivity index (χ1v) is 27.3. The van der Waals surface area contributed by atoms with Crippen LogP contribution in [0.4, 0.5) is 0 Å². The molecule has 0 aliphatic carbocycles. The average molecular weight is 930 g/mol. The molecule has 0 saturated heterocycles. The summed E-state index contributed by atoms with van der Waals surface area (Å²) >= 11 is 0. The number of carbonyl (C=O) groups excluding carboxylic acids is 3. The monoisotopic (exact) mass is 930 g/mol. The first-order chi connectivity index (χ1) is 32.1. The lowest BCUT2D eigenvalue weighted by Crippen LogP contribution is -2.44. The standard InChI is InChI=1S/C57H103NO8/c1-6-8-10-12-14-16-18-20-22-23-24-25-26-27-28-29-30-31-32-33-34-36-38-40-42-44-46-48-55(60)66-53(52-65-57(56(61)62)63-50-49-58(3,4)5)51-64-54(59)47-45-43-41-39-37-35-21-19-17-15-13-11-9-7-2/h8,10,14,16,20,22,24-25,53,57H,6-7,9,11-13,15,17-19,21,23,26-52H2,1-5H3/b10-8-,16-14-,22-20-,25-24-. The number of likely N-dealkylation sites (N-methyl/N-ethyl adjacent to an activating group) is 1. The molecule has 0 aliphatic heterocycles. The van der Waals surface area contributed by atoms with Crippen molar-refractivity contribution in [2.24, 2.45) is 0 Å². The molecule has 0 saturated carbocycles. The van der Waals surface area contributed by atoms with Crippen LogP contribution < -0.4 is 5.11 Å². The zero-order valence-electron chi connectivity index (χ0n) is 43.6. The van der Waals surface area contributed by atoms with Crippen molar-refractivity contribution in [3.8, 4) is 0 Å². The minimum atomic E-state index is -1.62. The number of esters is 2. The van der Waals surface area contributed by atoms with Crippen molar-refractivity contribution < 1.29 is 42.9 Å². The van der Waals surface area contributed by atoms with Gasteiger partial charge in [-0.25, -0.2) is 0 Å². The Morgan fingerprint density at radius 1 is 0.470 bits per heavy atom. The third-order valence-corrected chi connectivity index (χ3v) is 11.8. The van der Waals surface area contributed by atoms with Gasteiger partial charge in [-0.15, -0.1) is 0 Å². The zero-order valence-corrected chi connectivity index (χ0v) is 43.6. The Kier molecular flexibility index (Phi) is 46.7. The number of hydrogen-bond acceptors (Lipinski definition) is 8. The maximum absolute atomic E-state index is 12.8. The molecule has 0 aromatic carbocycles. The Morgan fingerprint density at radius 3 is 1.29 bits per heavy atom. The van der Waals surface area contributed by atoms with Gasteiger partial charge in [0.25, 0.3) is 0 Å². The maximum atomic E-state index is 12.8. The van der Waals surface area contributed by atoms with Crippen LogP contribution in [0.5, 0.6) is 0 Å². The topological polar surface area (TPSA) is 111 Å². The molecule has 66 heavy (non-hydrogen) atoms. The predicted octanol–water partition coefficient (Wildman–Crippen LogP) is 14.2. The van der Waals surface area contributed by atoms with Crippen LogP contribution in [0.1, 0.15) is 239 Å². The van der Waals surface area contributed by atoms with Crippen molar-refractivity contribution in [3.05, 3.63) is 48.6 Å². The Hall–Kier alpha value is -2.75. The molecular weight excluding hydrogens is 827 g/mol. The second-order valence-electron chi connectivity index (χ2n) is 19.5. The van der Waals surface area contributed by atoms with Crippen LogP contribution in [0.3, 0.4) is 0 Å². The van der Waals surface area contributed by atoms with Gasteiger partial charge in [-0.2, -0.15) is 0 Å². The Bertz CT molecular complexity index is 1220. The fourth-order valence-corrected chi connectivity index (χ4v) is 7.65. The van der Waals surface area contributed by atoms with Crippen LogP contribution >= 0.6 is 0 Å². The fraction of sp³-hybridized carbons (Fsp3) is 0.807. The lowest BCUT2D eigenvalue weighted by atomic mass is 10.0. The molecule has 0 bridgehead atoms. The van der Waals surface area contributed by atoms with Crippen molar-refractivity contribution in [2.45, 2.75) is 251 Å². The summed E-state index contributed by atoms with van der Waals surface area (Å²) in [5.41, 5.74) is 0. The lowest BCUT2D eigenvalue weighted by Gasteiger charge is -2.26. The van der Waals surface area contributed by atoms with E-state index in [0.717, 1.165) is 57.8 Å². The van der Waals surface area contributed by atoms with Crippen LogP contribution in [0.25, 0.3) is 0 Å². The van der Waals surface area contributed by atoms with Crippen LogP contribution in [-0.2, 0) is 33.3 Å². The number of unbranched alkanes of at least 4 members (excludes halogenated alkanes) is 27. The molecule has 384 valence electrons. The molecule has 0 N–H and O–H groups in total. The summed E-state index contributed by atoms with van der Waals surface area (Å²) in [7, 11) is 5.92. The Labute approximate surface area is 406 Å². The number of carboxylic acids is 1. The number of hydrogen-bond donors (Lipinski definition) is 0. The molecule has 0 amide bonds. The number of allylic oxidation sites excluding steroid dienone is 8. The summed E-state index contributed by atoms with van der Waals surface area (Å²) in [4.78, 5) is 37.2. The van der Waals surface area contributed by atoms with E-state index < -0.39 is 24.3 Å². The minimum Gasteiger partial charge on any atom is -0.545 e. The molecule has 0 heterocycles. The van der Waals surface area contributed by atoms with Gasteiger partial charge in [-0.05, 0) is 51.4 Å². The van der Waals surface area contributed by atoms with E-state index in [1.165, 1.54) is 148 Å². The summed E-state index contributed by atoms with van der Waals surface area (Å²) < 4.78 is 22.7. The molecule has 0 aromatic heterocycles. The Morgan fingerprint density at radius 2 is 0.864 bits per heavy atom. The van der Waals surface area contributed by atoms with Crippen molar-refractivity contribution in [3.63, 3.8) is 0 Å². The summed E-state index contributed by atoms with van der Waals surface area (Å²) in [6, 6.07) is 0. The Balaban J connectivity index is 4.21. The molecule has 0 aromatic rings. The van der Waals surface area contributed by atoms with Gasteiger partial charge >= 0.3 is 11.9 Å². The van der Waals surface area contributed by atoms with Gasteiger partial charge in [0, 0.05) is 12.8 Å². The summed E-state index contributed by atoms with van der Waals surface area (Å²) in [5.74, 6) is -2.27. The van der Waals surface area contributed by atoms with E-state index in [-0.39, 0.29) is 32.2 Å². The predicted molar refractivity (Wildman–Crippen MR) is 274 cm³/mol. The minimum absolute atomic E-state index is 0.149. The van der Waals surface area contributed by atoms with Gasteiger partial charge in [0.1, 0.15) is 13.2 Å². The van der Waals surface area contributed by atoms with E-state index in [1.54, 1.807) is 0 Å². The smallest absolute Gasteiger partial charge is 0.306 e. The molecule has 2 atom stereocenters. The van der Waals surface area contributed by atoms with E-state index >= 15 is 0 Å². The average Bonchev–Trinajstić information content (AvgIpc) is 3.28. The summed E-state index contributed by atoms with van der Waals surface area (Å²) in [5, 5.41) is 11.7. The van der Waals surface area contributed by atoms with Gasteiger partial charge < -0.3 is 33.3 Å². The van der Waals surface area contributed by atoms with Gasteiger partial charge in [0.2, 0.25) is 0 Å². The fourth-order valence-electron chi connectivity index (χ4n) is 7.65. The van der Waals surface area contributed by atoms with Gasteiger partial charge in [0.15, 0.2) is 12.4 Å². The van der Waals surface area contributed by atoms with Crippen molar-refractivity contribution >= 4 is 17.9 Å². The quantitative estimate of drug-likeness (QED) is 0.0195. The third kappa shape index (κ3) is 49.2. The van der Waals surface area contributed by atoms with Gasteiger partial charge in [0.05, 0.1) is 40.3 Å². The number of aliphatic carboxylic acids is 1. The molecule has 0 spiro atoms. The zero-order chi connectivity index (χ0) is 48.4. The van der Waals surface area contributed by atoms with Crippen LogP contribution in [-0.4, -0.2) is 82.3 Å². The highest BCUT2D eigenvalue weighted by atomic mass is 16.7. The summed E-state index contributed by atoms with van der Waals surface area (Å²) in [6.45, 7) is 4.65. The van der Waals surface area contributed by atoms with Crippen molar-refractivity contribution in [2.75, 3.05) is 47.5 Å². The molecule has 9 heteroatoms. The summed E-state index contributed by atoms with van der Waals surface area (Å²) in [6.07, 6.45) is 55.8. The molecule has 0 aliphatic rings. The normalized spacial score (nSPS) is 13.2. The van der Waals surface area contributed by atoms with Crippen LogP contribution in [0, 0.1) is 0 Å². The third-order valence-electron chi connectivity index (χ3n) is 11.8. The largest absolute Gasteiger partial charge is 0.545 e. The number of carbonyl (C=O) groups is 3. The number of rotatable bonds is 50. The number of quaternary nitrogens is 1. The SMILES string of the molecule is CC/C=C\C/C=C\C/C=C\C/C=C\CCCCCCCCCCCCCCCCC(=O)OC(COC(=O)CCCCCCCCCCCCCCCC)COC(OCC[N+](C)(C)C)C(=O)[O-].